The number of furan rings is 1. The molecule has 0 unspecified atom stereocenters. The van der Waals surface area contributed by atoms with Gasteiger partial charge in [-0.1, -0.05) is 0 Å². The molecule has 2 heterocycles. The molecular weight excluding hydrogens is 259 g/mol. The number of halogens is 1. The second kappa shape index (κ2) is 5.25. The molecular formula is C15H17FN2O2. The highest BCUT2D eigenvalue weighted by atomic mass is 19.1. The Hall–Kier alpha value is -1.88. The van der Waals surface area contributed by atoms with Crippen LogP contribution in [0.2, 0.25) is 0 Å². The molecule has 2 aromatic rings. The van der Waals surface area contributed by atoms with E-state index in [2.05, 4.69) is 5.32 Å². The zero-order valence-electron chi connectivity index (χ0n) is 11.4. The molecule has 1 saturated heterocycles. The molecule has 1 atom stereocenters. The van der Waals surface area contributed by atoms with Crippen LogP contribution in [-0.2, 0) is 11.2 Å². The van der Waals surface area contributed by atoms with Crippen LogP contribution in [0.5, 0.6) is 0 Å². The number of hydrogen-bond donors (Lipinski definition) is 1. The normalized spacial score (nSPS) is 19.5. The molecule has 1 aromatic heterocycles. The van der Waals surface area contributed by atoms with E-state index in [1.807, 2.05) is 11.8 Å². The molecule has 0 saturated carbocycles. The lowest BCUT2D eigenvalue weighted by molar-refractivity contribution is -0.133. The van der Waals surface area contributed by atoms with Crippen molar-refractivity contribution in [1.82, 2.24) is 10.2 Å². The van der Waals surface area contributed by atoms with Gasteiger partial charge in [0.1, 0.15) is 11.4 Å². The van der Waals surface area contributed by atoms with Gasteiger partial charge in [-0.25, -0.2) is 4.39 Å². The van der Waals surface area contributed by atoms with Crippen molar-refractivity contribution >= 4 is 16.9 Å². The predicted molar refractivity (Wildman–Crippen MR) is 73.9 cm³/mol. The summed E-state index contributed by atoms with van der Waals surface area (Å²) in [5.74, 6) is -0.244. The van der Waals surface area contributed by atoms with E-state index in [4.69, 9.17) is 4.42 Å². The fourth-order valence-corrected chi connectivity index (χ4v) is 2.67. The fraction of sp³-hybridized carbons (Fsp3) is 0.400. The Labute approximate surface area is 116 Å². The lowest BCUT2D eigenvalue weighted by Gasteiger charge is -2.34. The van der Waals surface area contributed by atoms with E-state index in [-0.39, 0.29) is 17.8 Å². The Morgan fingerprint density at radius 3 is 3.20 bits per heavy atom. The molecule has 4 nitrogen and oxygen atoms in total. The number of fused-ring (bicyclic) bond motifs is 1. The van der Waals surface area contributed by atoms with Crippen LogP contribution in [-0.4, -0.2) is 36.5 Å². The summed E-state index contributed by atoms with van der Waals surface area (Å²) in [6.07, 6.45) is 1.85. The van der Waals surface area contributed by atoms with Gasteiger partial charge >= 0.3 is 0 Å². The third kappa shape index (κ3) is 2.41. The average molecular weight is 276 g/mol. The van der Waals surface area contributed by atoms with Crippen LogP contribution >= 0.6 is 0 Å². The van der Waals surface area contributed by atoms with Gasteiger partial charge in [0.05, 0.1) is 12.7 Å². The van der Waals surface area contributed by atoms with Gasteiger partial charge in [-0.2, -0.15) is 0 Å². The van der Waals surface area contributed by atoms with Crippen LogP contribution in [0.25, 0.3) is 11.0 Å². The number of hydrogen-bond acceptors (Lipinski definition) is 3. The number of nitrogens with zero attached hydrogens (tertiary/aromatic N) is 1. The summed E-state index contributed by atoms with van der Waals surface area (Å²) >= 11 is 0. The Kier molecular flexibility index (Phi) is 3.44. The van der Waals surface area contributed by atoms with Crippen LogP contribution in [0.15, 0.2) is 28.9 Å². The van der Waals surface area contributed by atoms with Gasteiger partial charge < -0.3 is 14.6 Å². The smallest absolute Gasteiger partial charge is 0.227 e. The maximum atomic E-state index is 13.1. The van der Waals surface area contributed by atoms with Crippen molar-refractivity contribution in [2.45, 2.75) is 19.4 Å². The zero-order chi connectivity index (χ0) is 14.1. The van der Waals surface area contributed by atoms with E-state index in [0.29, 0.717) is 12.0 Å². The standard InChI is InChI=1S/C15H17FN2O2/c1-10-8-17-4-5-18(10)15(19)6-11-9-20-14-7-12(16)2-3-13(11)14/h2-3,7,9-10,17H,4-6,8H2,1H3/t10-/m0/s1. The number of nitrogens with one attached hydrogen (secondary N) is 1. The van der Waals surface area contributed by atoms with Crippen LogP contribution in [0.3, 0.4) is 0 Å². The summed E-state index contributed by atoms with van der Waals surface area (Å²) in [5.41, 5.74) is 1.30. The van der Waals surface area contributed by atoms with Gasteiger partial charge in [-0.3, -0.25) is 4.79 Å². The van der Waals surface area contributed by atoms with E-state index in [1.54, 1.807) is 12.3 Å². The van der Waals surface area contributed by atoms with E-state index < -0.39 is 0 Å². The minimum atomic E-state index is -0.333. The molecule has 1 amide bonds. The monoisotopic (exact) mass is 276 g/mol. The van der Waals surface area contributed by atoms with Crippen molar-refractivity contribution in [3.63, 3.8) is 0 Å². The molecule has 1 fully saturated rings. The van der Waals surface area contributed by atoms with Crippen LogP contribution < -0.4 is 5.32 Å². The summed E-state index contributed by atoms with van der Waals surface area (Å²) in [7, 11) is 0. The third-order valence-electron chi connectivity index (χ3n) is 3.78. The second-order valence-corrected chi connectivity index (χ2v) is 5.22. The summed E-state index contributed by atoms with van der Waals surface area (Å²) < 4.78 is 18.4. The molecule has 1 N–H and O–H groups in total. The molecule has 3 rings (SSSR count). The Morgan fingerprint density at radius 1 is 1.55 bits per heavy atom. The van der Waals surface area contributed by atoms with Gasteiger partial charge in [-0.15, -0.1) is 0 Å². The van der Waals surface area contributed by atoms with Crippen molar-refractivity contribution in [3.05, 3.63) is 35.8 Å². The number of carbonyl (C=O) groups is 1. The largest absolute Gasteiger partial charge is 0.464 e. The van der Waals surface area contributed by atoms with E-state index in [1.165, 1.54) is 12.1 Å². The van der Waals surface area contributed by atoms with Gasteiger partial charge in [0, 0.05) is 42.7 Å². The molecule has 0 aliphatic carbocycles. The van der Waals surface area contributed by atoms with Crippen LogP contribution in [0.4, 0.5) is 4.39 Å². The van der Waals surface area contributed by atoms with E-state index in [9.17, 15) is 9.18 Å². The van der Waals surface area contributed by atoms with E-state index >= 15 is 0 Å². The Morgan fingerprint density at radius 2 is 2.40 bits per heavy atom. The molecule has 0 spiro atoms. The van der Waals surface area contributed by atoms with E-state index in [0.717, 1.165) is 30.6 Å². The van der Waals surface area contributed by atoms with Crippen LogP contribution in [0, 0.1) is 5.82 Å². The highest BCUT2D eigenvalue weighted by Crippen LogP contribution is 2.23. The fourth-order valence-electron chi connectivity index (χ4n) is 2.67. The molecule has 1 aromatic carbocycles. The molecule has 106 valence electrons. The summed E-state index contributed by atoms with van der Waals surface area (Å²) in [6, 6.07) is 4.60. The first-order valence-electron chi connectivity index (χ1n) is 6.81. The van der Waals surface area contributed by atoms with Crippen molar-refractivity contribution in [3.8, 4) is 0 Å². The number of carbonyl (C=O) groups excluding carboxylic acids is 1. The molecule has 1 aliphatic rings. The van der Waals surface area contributed by atoms with Gasteiger partial charge in [0.2, 0.25) is 5.91 Å². The quantitative estimate of drug-likeness (QED) is 0.911. The summed E-state index contributed by atoms with van der Waals surface area (Å²) in [6.45, 7) is 4.41. The first kappa shape index (κ1) is 13.1. The molecule has 5 heteroatoms. The first-order chi connectivity index (χ1) is 9.65. The maximum absolute atomic E-state index is 13.1. The van der Waals surface area contributed by atoms with Gasteiger partial charge in [-0.05, 0) is 19.1 Å². The molecule has 20 heavy (non-hydrogen) atoms. The average Bonchev–Trinajstić information content (AvgIpc) is 2.81. The van der Waals surface area contributed by atoms with Crippen molar-refractivity contribution in [1.29, 1.82) is 0 Å². The zero-order valence-corrected chi connectivity index (χ0v) is 11.4. The Balaban J connectivity index is 1.80. The number of benzene rings is 1. The van der Waals surface area contributed by atoms with Crippen molar-refractivity contribution in [2.75, 3.05) is 19.6 Å². The lowest BCUT2D eigenvalue weighted by Crippen LogP contribution is -2.52. The summed E-state index contributed by atoms with van der Waals surface area (Å²) in [5, 5.41) is 4.07. The Bertz CT molecular complexity index is 638. The highest BCUT2D eigenvalue weighted by molar-refractivity contribution is 5.87. The lowest BCUT2D eigenvalue weighted by atomic mass is 10.1. The predicted octanol–water partition coefficient (Wildman–Crippen LogP) is 1.93. The second-order valence-electron chi connectivity index (χ2n) is 5.22. The maximum Gasteiger partial charge on any atom is 0.227 e. The molecule has 1 aliphatic heterocycles. The third-order valence-corrected chi connectivity index (χ3v) is 3.78. The molecule has 0 bridgehead atoms. The highest BCUT2D eigenvalue weighted by Gasteiger charge is 2.23. The minimum absolute atomic E-state index is 0.0889. The van der Waals surface area contributed by atoms with Crippen molar-refractivity contribution < 1.29 is 13.6 Å². The number of rotatable bonds is 2. The summed E-state index contributed by atoms with van der Waals surface area (Å²) in [4.78, 5) is 14.3. The number of amides is 1. The molecule has 0 radical (unpaired) electrons. The first-order valence-corrected chi connectivity index (χ1v) is 6.81. The minimum Gasteiger partial charge on any atom is -0.464 e. The van der Waals surface area contributed by atoms with Crippen molar-refractivity contribution in [2.24, 2.45) is 0 Å². The van der Waals surface area contributed by atoms with Gasteiger partial charge in [0.15, 0.2) is 0 Å². The van der Waals surface area contributed by atoms with Gasteiger partial charge in [0.25, 0.3) is 0 Å². The topological polar surface area (TPSA) is 45.5 Å². The SMILES string of the molecule is C[C@H]1CNCCN1C(=O)Cc1coc2cc(F)ccc12. The number of piperazine rings is 1. The van der Waals surface area contributed by atoms with Crippen LogP contribution in [0.1, 0.15) is 12.5 Å².